The molecule has 1 atom stereocenters. The summed E-state index contributed by atoms with van der Waals surface area (Å²) in [4.78, 5) is 21.9. The number of methoxy groups -OCH3 is 1. The molecule has 0 spiro atoms. The van der Waals surface area contributed by atoms with Crippen molar-refractivity contribution in [3.63, 3.8) is 0 Å². The number of halogens is 1. The van der Waals surface area contributed by atoms with Gasteiger partial charge in [0.25, 0.3) is 0 Å². The van der Waals surface area contributed by atoms with Crippen LogP contribution in [0.5, 0.6) is 11.8 Å². The van der Waals surface area contributed by atoms with Crippen molar-refractivity contribution < 1.29 is 14.3 Å². The van der Waals surface area contributed by atoms with E-state index in [9.17, 15) is 4.79 Å². The van der Waals surface area contributed by atoms with Gasteiger partial charge in [-0.05, 0) is 31.0 Å². The van der Waals surface area contributed by atoms with Gasteiger partial charge in [-0.3, -0.25) is 4.79 Å². The highest BCUT2D eigenvalue weighted by atomic mass is 35.5. The Labute approximate surface area is 139 Å². The van der Waals surface area contributed by atoms with E-state index in [1.807, 2.05) is 23.1 Å². The highest BCUT2D eigenvalue weighted by Gasteiger charge is 2.28. The number of rotatable bonds is 5. The molecule has 1 aliphatic heterocycles. The van der Waals surface area contributed by atoms with Gasteiger partial charge in [0.1, 0.15) is 18.2 Å². The van der Waals surface area contributed by atoms with Crippen molar-refractivity contribution in [1.82, 2.24) is 14.9 Å². The predicted octanol–water partition coefficient (Wildman–Crippen LogP) is 2.25. The van der Waals surface area contributed by atoms with Gasteiger partial charge >= 0.3 is 6.01 Å². The monoisotopic (exact) mass is 335 g/mol. The zero-order valence-corrected chi connectivity index (χ0v) is 13.6. The number of carbonyl (C=O) groups is 1. The molecule has 2 heterocycles. The number of aromatic nitrogens is 2. The lowest BCUT2D eigenvalue weighted by molar-refractivity contribution is -0.129. The molecule has 0 radical (unpaired) electrons. The summed E-state index contributed by atoms with van der Waals surface area (Å²) in [5, 5.41) is 0.878. The number of fused-ring (bicyclic) bond motifs is 1. The molecule has 0 bridgehead atoms. The lowest BCUT2D eigenvalue weighted by Crippen LogP contribution is -2.39. The van der Waals surface area contributed by atoms with Crippen molar-refractivity contribution in [2.45, 2.75) is 18.9 Å². The van der Waals surface area contributed by atoms with Crippen molar-refractivity contribution in [3.05, 3.63) is 24.4 Å². The van der Waals surface area contributed by atoms with Crippen molar-refractivity contribution in [3.8, 4) is 11.8 Å². The van der Waals surface area contributed by atoms with Crippen LogP contribution in [0.2, 0.25) is 0 Å². The first kappa shape index (κ1) is 15.8. The highest BCUT2D eigenvalue weighted by Crippen LogP contribution is 2.23. The van der Waals surface area contributed by atoms with Crippen LogP contribution in [0.15, 0.2) is 24.4 Å². The van der Waals surface area contributed by atoms with E-state index in [0.717, 1.165) is 36.0 Å². The minimum atomic E-state index is -0.0308. The summed E-state index contributed by atoms with van der Waals surface area (Å²) in [5.74, 6) is 0.722. The van der Waals surface area contributed by atoms with Crippen LogP contribution in [0.3, 0.4) is 0 Å². The topological polar surface area (TPSA) is 64.6 Å². The maximum Gasteiger partial charge on any atom is 0.316 e. The van der Waals surface area contributed by atoms with Crippen LogP contribution in [-0.4, -0.2) is 53.0 Å². The van der Waals surface area contributed by atoms with Gasteiger partial charge in [-0.15, -0.1) is 11.6 Å². The molecule has 1 aromatic carbocycles. The third kappa shape index (κ3) is 3.47. The average molecular weight is 336 g/mol. The van der Waals surface area contributed by atoms with Gasteiger partial charge in [-0.25, -0.2) is 4.98 Å². The SMILES string of the molecule is COc1ncc2cc(OC[C@@H]3CCCN3C(=O)CCl)ccc2n1. The normalized spacial score (nSPS) is 17.5. The molecule has 6 nitrogen and oxygen atoms in total. The molecule has 3 rings (SSSR count). The van der Waals surface area contributed by atoms with E-state index in [2.05, 4.69) is 9.97 Å². The van der Waals surface area contributed by atoms with E-state index in [1.54, 1.807) is 6.20 Å². The van der Waals surface area contributed by atoms with Crippen molar-refractivity contribution in [2.75, 3.05) is 26.1 Å². The van der Waals surface area contributed by atoms with E-state index in [1.165, 1.54) is 7.11 Å². The lowest BCUT2D eigenvalue weighted by atomic mass is 10.2. The van der Waals surface area contributed by atoms with Crippen LogP contribution in [-0.2, 0) is 4.79 Å². The average Bonchev–Trinajstić information content (AvgIpc) is 3.07. The van der Waals surface area contributed by atoms with Crippen molar-refractivity contribution >= 4 is 28.4 Å². The number of ether oxygens (including phenoxy) is 2. The zero-order valence-electron chi connectivity index (χ0n) is 12.9. The second-order valence-corrected chi connectivity index (χ2v) is 5.67. The van der Waals surface area contributed by atoms with Gasteiger partial charge in [0.2, 0.25) is 5.91 Å². The molecular weight excluding hydrogens is 318 g/mol. The maximum atomic E-state index is 11.8. The molecule has 0 aliphatic carbocycles. The standard InChI is InChI=1S/C16H18ClN3O3/c1-22-16-18-9-11-7-13(4-5-14(11)19-16)23-10-12-3-2-6-20(12)15(21)8-17/h4-5,7,9,12H,2-3,6,8,10H2,1H3/t12-/m0/s1. The summed E-state index contributed by atoms with van der Waals surface area (Å²) in [6.07, 6.45) is 3.63. The van der Waals surface area contributed by atoms with Gasteiger partial charge < -0.3 is 14.4 Å². The summed E-state index contributed by atoms with van der Waals surface area (Å²) in [6.45, 7) is 1.22. The van der Waals surface area contributed by atoms with Crippen LogP contribution in [0.1, 0.15) is 12.8 Å². The first-order valence-electron chi connectivity index (χ1n) is 7.50. The molecule has 2 aromatic rings. The van der Waals surface area contributed by atoms with E-state index in [-0.39, 0.29) is 17.8 Å². The number of nitrogens with zero attached hydrogens (tertiary/aromatic N) is 3. The molecule has 1 aromatic heterocycles. The zero-order chi connectivity index (χ0) is 16.2. The number of amides is 1. The van der Waals surface area contributed by atoms with Gasteiger partial charge in [-0.1, -0.05) is 0 Å². The van der Waals surface area contributed by atoms with E-state index >= 15 is 0 Å². The molecule has 1 saturated heterocycles. The molecule has 7 heteroatoms. The Bertz CT molecular complexity index is 710. The number of hydrogen-bond acceptors (Lipinski definition) is 5. The van der Waals surface area contributed by atoms with Crippen molar-refractivity contribution in [1.29, 1.82) is 0 Å². The number of hydrogen-bond donors (Lipinski definition) is 0. The second kappa shape index (κ2) is 7.00. The number of benzene rings is 1. The molecule has 1 fully saturated rings. The smallest absolute Gasteiger partial charge is 0.316 e. The maximum absolute atomic E-state index is 11.8. The first-order valence-corrected chi connectivity index (χ1v) is 8.03. The highest BCUT2D eigenvalue weighted by molar-refractivity contribution is 6.27. The van der Waals surface area contributed by atoms with Gasteiger partial charge in [0, 0.05) is 18.1 Å². The number of carbonyl (C=O) groups excluding carboxylic acids is 1. The fourth-order valence-corrected chi connectivity index (χ4v) is 2.94. The Morgan fingerprint density at radius 1 is 1.48 bits per heavy atom. The largest absolute Gasteiger partial charge is 0.491 e. The molecule has 1 amide bonds. The van der Waals surface area contributed by atoms with Gasteiger partial charge in [-0.2, -0.15) is 4.98 Å². The molecular formula is C16H18ClN3O3. The summed E-state index contributed by atoms with van der Waals surface area (Å²) >= 11 is 5.65. The Hall–Kier alpha value is -2.08. The molecule has 0 unspecified atom stereocenters. The van der Waals surface area contributed by atoms with Crippen LogP contribution in [0, 0.1) is 0 Å². The summed E-state index contributed by atoms with van der Waals surface area (Å²) in [6, 6.07) is 6.04. The minimum absolute atomic E-state index is 0.0195. The van der Waals surface area contributed by atoms with Crippen molar-refractivity contribution in [2.24, 2.45) is 0 Å². The van der Waals surface area contributed by atoms with Crippen LogP contribution >= 0.6 is 11.6 Å². The van der Waals surface area contributed by atoms with E-state index < -0.39 is 0 Å². The number of alkyl halides is 1. The van der Waals surface area contributed by atoms with E-state index in [4.69, 9.17) is 21.1 Å². The fourth-order valence-electron chi connectivity index (χ4n) is 2.79. The summed E-state index contributed by atoms with van der Waals surface area (Å²) in [5.41, 5.74) is 0.795. The predicted molar refractivity (Wildman–Crippen MR) is 87.0 cm³/mol. The summed E-state index contributed by atoms with van der Waals surface area (Å²) in [7, 11) is 1.54. The fraction of sp³-hybridized carbons (Fsp3) is 0.438. The van der Waals surface area contributed by atoms with Gasteiger partial charge in [0.15, 0.2) is 0 Å². The van der Waals surface area contributed by atoms with Crippen LogP contribution in [0.4, 0.5) is 0 Å². The molecule has 1 aliphatic rings. The molecule has 122 valence electrons. The second-order valence-electron chi connectivity index (χ2n) is 5.41. The van der Waals surface area contributed by atoms with E-state index in [0.29, 0.717) is 12.6 Å². The Balaban J connectivity index is 1.68. The minimum Gasteiger partial charge on any atom is -0.491 e. The third-order valence-electron chi connectivity index (χ3n) is 3.97. The quantitative estimate of drug-likeness (QED) is 0.784. The lowest BCUT2D eigenvalue weighted by Gasteiger charge is -2.24. The number of likely N-dealkylation sites (tertiary alicyclic amines) is 1. The third-order valence-corrected chi connectivity index (χ3v) is 4.19. The Morgan fingerprint density at radius 3 is 3.13 bits per heavy atom. The molecule has 0 N–H and O–H groups in total. The van der Waals surface area contributed by atoms with Crippen LogP contribution < -0.4 is 9.47 Å². The Kier molecular flexibility index (Phi) is 4.81. The summed E-state index contributed by atoms with van der Waals surface area (Å²) < 4.78 is 10.9. The van der Waals surface area contributed by atoms with Gasteiger partial charge in [0.05, 0.1) is 18.7 Å². The Morgan fingerprint density at radius 2 is 2.35 bits per heavy atom. The molecule has 23 heavy (non-hydrogen) atoms. The first-order chi connectivity index (χ1) is 11.2. The van der Waals surface area contributed by atoms with Crippen LogP contribution in [0.25, 0.3) is 10.9 Å². The molecule has 0 saturated carbocycles.